The molecule has 2 atom stereocenters. The molecule has 0 bridgehead atoms. The smallest absolute Gasteiger partial charge is 0.119 e. The second kappa shape index (κ2) is 7.30. The van der Waals surface area contributed by atoms with Gasteiger partial charge in [-0.2, -0.15) is 0 Å². The lowest BCUT2D eigenvalue weighted by molar-refractivity contribution is 0.187. The van der Waals surface area contributed by atoms with Gasteiger partial charge >= 0.3 is 0 Å². The van der Waals surface area contributed by atoms with Crippen LogP contribution in [0.5, 0.6) is 5.75 Å². The molecule has 0 aliphatic carbocycles. The number of methoxy groups -OCH3 is 1. The van der Waals surface area contributed by atoms with E-state index in [1.807, 2.05) is 19.1 Å². The maximum absolute atomic E-state index is 5.92. The molecule has 3 nitrogen and oxygen atoms in total. The van der Waals surface area contributed by atoms with Gasteiger partial charge in [0.25, 0.3) is 0 Å². The molecule has 0 fully saturated rings. The van der Waals surface area contributed by atoms with Crippen LogP contribution in [0.1, 0.15) is 25.8 Å². The van der Waals surface area contributed by atoms with Crippen molar-refractivity contribution in [1.29, 1.82) is 0 Å². The van der Waals surface area contributed by atoms with Crippen LogP contribution in [-0.2, 0) is 11.2 Å². The van der Waals surface area contributed by atoms with Crippen LogP contribution in [0.15, 0.2) is 24.3 Å². The van der Waals surface area contributed by atoms with Gasteiger partial charge in [0.05, 0.1) is 6.61 Å². The van der Waals surface area contributed by atoms with Gasteiger partial charge in [-0.15, -0.1) is 0 Å². The molecule has 0 saturated carbocycles. The maximum atomic E-state index is 5.92. The van der Waals surface area contributed by atoms with Crippen LogP contribution in [0.3, 0.4) is 0 Å². The van der Waals surface area contributed by atoms with E-state index in [1.165, 1.54) is 5.56 Å². The van der Waals surface area contributed by atoms with E-state index in [-0.39, 0.29) is 12.1 Å². The Morgan fingerprint density at radius 3 is 2.41 bits per heavy atom. The molecule has 0 amide bonds. The lowest BCUT2D eigenvalue weighted by Crippen LogP contribution is -2.35. The summed E-state index contributed by atoms with van der Waals surface area (Å²) in [6.07, 6.45) is 1.90. The van der Waals surface area contributed by atoms with Gasteiger partial charge in [-0.25, -0.2) is 0 Å². The molecule has 2 unspecified atom stereocenters. The van der Waals surface area contributed by atoms with Crippen molar-refractivity contribution in [2.24, 2.45) is 5.73 Å². The highest BCUT2D eigenvalue weighted by Crippen LogP contribution is 2.15. The number of hydrogen-bond donors (Lipinski definition) is 1. The Labute approximate surface area is 104 Å². The molecule has 3 heteroatoms. The van der Waals surface area contributed by atoms with Crippen molar-refractivity contribution in [3.63, 3.8) is 0 Å². The first kappa shape index (κ1) is 14.0. The lowest BCUT2D eigenvalue weighted by atomic mass is 10.1. The van der Waals surface area contributed by atoms with Gasteiger partial charge in [-0.1, -0.05) is 19.1 Å². The molecule has 0 aliphatic heterocycles. The summed E-state index contributed by atoms with van der Waals surface area (Å²) in [6, 6.07) is 8.20. The van der Waals surface area contributed by atoms with Crippen molar-refractivity contribution >= 4 is 0 Å². The molecule has 0 saturated heterocycles. The van der Waals surface area contributed by atoms with Crippen LogP contribution < -0.4 is 10.5 Å². The van der Waals surface area contributed by atoms with E-state index in [4.69, 9.17) is 15.2 Å². The molecule has 0 radical (unpaired) electrons. The maximum Gasteiger partial charge on any atom is 0.119 e. The van der Waals surface area contributed by atoms with Crippen LogP contribution in [0.4, 0.5) is 0 Å². The second-order valence-electron chi connectivity index (χ2n) is 4.28. The van der Waals surface area contributed by atoms with Gasteiger partial charge in [0.1, 0.15) is 11.9 Å². The molecule has 0 aliphatic rings. The molecule has 1 rings (SSSR count). The van der Waals surface area contributed by atoms with Gasteiger partial charge in [-0.3, -0.25) is 0 Å². The van der Waals surface area contributed by atoms with Crippen molar-refractivity contribution in [3.05, 3.63) is 29.8 Å². The summed E-state index contributed by atoms with van der Waals surface area (Å²) in [4.78, 5) is 0. The highest BCUT2D eigenvalue weighted by molar-refractivity contribution is 5.27. The second-order valence-corrected chi connectivity index (χ2v) is 4.28. The molecule has 1 aromatic carbocycles. The van der Waals surface area contributed by atoms with Gasteiger partial charge in [-0.05, 0) is 37.5 Å². The van der Waals surface area contributed by atoms with Gasteiger partial charge in [0.15, 0.2) is 0 Å². The molecule has 2 N–H and O–H groups in total. The highest BCUT2D eigenvalue weighted by Gasteiger charge is 2.11. The van der Waals surface area contributed by atoms with E-state index in [9.17, 15) is 0 Å². The first-order chi connectivity index (χ1) is 8.17. The Kier molecular flexibility index (Phi) is 6.01. The Morgan fingerprint density at radius 2 is 1.88 bits per heavy atom. The van der Waals surface area contributed by atoms with Gasteiger partial charge in [0.2, 0.25) is 0 Å². The van der Waals surface area contributed by atoms with Gasteiger partial charge < -0.3 is 15.2 Å². The Morgan fingerprint density at radius 1 is 1.24 bits per heavy atom. The number of hydrogen-bond acceptors (Lipinski definition) is 3. The topological polar surface area (TPSA) is 44.5 Å². The van der Waals surface area contributed by atoms with Crippen molar-refractivity contribution in [3.8, 4) is 5.75 Å². The van der Waals surface area contributed by atoms with Crippen LogP contribution >= 0.6 is 0 Å². The van der Waals surface area contributed by atoms with E-state index >= 15 is 0 Å². The lowest BCUT2D eigenvalue weighted by Gasteiger charge is -2.20. The Balaban J connectivity index is 2.50. The van der Waals surface area contributed by atoms with Crippen LogP contribution in [-0.4, -0.2) is 25.9 Å². The molecular formula is C14H23NO2. The predicted octanol–water partition coefficient (Wildman–Crippen LogP) is 2.38. The van der Waals surface area contributed by atoms with E-state index < -0.39 is 0 Å². The van der Waals surface area contributed by atoms with E-state index in [0.29, 0.717) is 0 Å². The molecule has 0 heterocycles. The van der Waals surface area contributed by atoms with Crippen molar-refractivity contribution < 1.29 is 9.47 Å². The number of rotatable bonds is 7. The fourth-order valence-electron chi connectivity index (χ4n) is 1.59. The number of ether oxygens (including phenoxy) is 2. The summed E-state index contributed by atoms with van der Waals surface area (Å²) < 4.78 is 10.8. The third-order valence-electron chi connectivity index (χ3n) is 2.91. The average Bonchev–Trinajstić information content (AvgIpc) is 2.37. The molecule has 0 aromatic heterocycles. The summed E-state index contributed by atoms with van der Waals surface area (Å²) >= 11 is 0. The standard InChI is InChI=1S/C14H23NO2/c1-4-14(15)11(2)17-13-7-5-12(6-8-13)9-10-16-3/h5-8,11,14H,4,9-10,15H2,1-3H3. The molecule has 1 aromatic rings. The molecule has 17 heavy (non-hydrogen) atoms. The van der Waals surface area contributed by atoms with Crippen molar-refractivity contribution in [1.82, 2.24) is 0 Å². The van der Waals surface area contributed by atoms with Crippen molar-refractivity contribution in [2.75, 3.05) is 13.7 Å². The van der Waals surface area contributed by atoms with Crippen LogP contribution in [0, 0.1) is 0 Å². The molecule has 0 spiro atoms. The quantitative estimate of drug-likeness (QED) is 0.792. The zero-order valence-electron chi connectivity index (χ0n) is 11.0. The van der Waals surface area contributed by atoms with Crippen LogP contribution in [0.25, 0.3) is 0 Å². The number of benzene rings is 1. The zero-order chi connectivity index (χ0) is 12.7. The minimum atomic E-state index is 0.0461. The van der Waals surface area contributed by atoms with E-state index in [2.05, 4.69) is 19.1 Å². The third-order valence-corrected chi connectivity index (χ3v) is 2.91. The van der Waals surface area contributed by atoms with E-state index in [1.54, 1.807) is 7.11 Å². The predicted molar refractivity (Wildman–Crippen MR) is 70.4 cm³/mol. The first-order valence-corrected chi connectivity index (χ1v) is 6.17. The largest absolute Gasteiger partial charge is 0.489 e. The summed E-state index contributed by atoms with van der Waals surface area (Å²) in [5.74, 6) is 0.877. The minimum Gasteiger partial charge on any atom is -0.489 e. The van der Waals surface area contributed by atoms with Gasteiger partial charge in [0, 0.05) is 13.2 Å². The summed E-state index contributed by atoms with van der Waals surface area (Å²) in [6.45, 7) is 4.82. The fraction of sp³-hybridized carbons (Fsp3) is 0.571. The van der Waals surface area contributed by atoms with Crippen LogP contribution in [0.2, 0.25) is 0 Å². The SMILES string of the molecule is CCC(N)C(C)Oc1ccc(CCOC)cc1. The highest BCUT2D eigenvalue weighted by atomic mass is 16.5. The third kappa shape index (κ3) is 4.75. The summed E-state index contributed by atoms with van der Waals surface area (Å²) in [5.41, 5.74) is 7.17. The fourth-order valence-corrected chi connectivity index (χ4v) is 1.59. The Bertz CT molecular complexity index is 311. The summed E-state index contributed by atoms with van der Waals surface area (Å²) in [5, 5.41) is 0. The zero-order valence-corrected chi connectivity index (χ0v) is 11.0. The monoisotopic (exact) mass is 237 g/mol. The average molecular weight is 237 g/mol. The minimum absolute atomic E-state index is 0.0461. The first-order valence-electron chi connectivity index (χ1n) is 6.17. The van der Waals surface area contributed by atoms with E-state index in [0.717, 1.165) is 25.2 Å². The molecule has 96 valence electrons. The number of nitrogens with two attached hydrogens (primary N) is 1. The molecular weight excluding hydrogens is 214 g/mol. The summed E-state index contributed by atoms with van der Waals surface area (Å²) in [7, 11) is 1.71. The van der Waals surface area contributed by atoms with Crippen molar-refractivity contribution in [2.45, 2.75) is 38.8 Å². The Hall–Kier alpha value is -1.06. The normalized spacial score (nSPS) is 14.4.